The zero-order valence-corrected chi connectivity index (χ0v) is 20.8. The predicted octanol–water partition coefficient (Wildman–Crippen LogP) is 5.21. The van der Waals surface area contributed by atoms with Crippen LogP contribution in [0.5, 0.6) is 5.75 Å². The highest BCUT2D eigenvalue weighted by atomic mass is 32.1. The van der Waals surface area contributed by atoms with Crippen molar-refractivity contribution in [3.05, 3.63) is 70.0 Å². The van der Waals surface area contributed by atoms with Gasteiger partial charge in [-0.05, 0) is 67.6 Å². The standard InChI is InChI=1S/C27H33N3O3S/c1-3-29-13-15-30(16-14-29)25(19-8-6-9-20(18-19)32-2)24-21-10-4-5-12-23(21)34-27(24)28-26(31)22-11-7-17-33-22/h6-9,11,17-18,25H,3-5,10,12-16H2,1-2H3,(H,28,31). The van der Waals surface area contributed by atoms with Gasteiger partial charge >= 0.3 is 0 Å². The van der Waals surface area contributed by atoms with Crippen molar-refractivity contribution in [2.24, 2.45) is 0 Å². The van der Waals surface area contributed by atoms with Gasteiger partial charge in [0.25, 0.3) is 5.91 Å². The predicted molar refractivity (Wildman–Crippen MR) is 136 cm³/mol. The second kappa shape index (κ2) is 10.3. The van der Waals surface area contributed by atoms with Crippen LogP contribution >= 0.6 is 11.3 Å². The Hall–Kier alpha value is -2.61. The summed E-state index contributed by atoms with van der Waals surface area (Å²) in [4.78, 5) is 19.5. The number of hydrogen-bond donors (Lipinski definition) is 1. The zero-order valence-electron chi connectivity index (χ0n) is 20.0. The third kappa shape index (κ3) is 4.65. The number of aryl methyl sites for hydroxylation is 1. The van der Waals surface area contributed by atoms with Crippen molar-refractivity contribution in [1.82, 2.24) is 9.80 Å². The molecule has 2 aliphatic rings. The molecule has 1 unspecified atom stereocenters. The lowest BCUT2D eigenvalue weighted by atomic mass is 9.88. The first-order chi connectivity index (χ1) is 16.7. The fourth-order valence-corrected chi connectivity index (χ4v) is 6.57. The molecule has 1 aliphatic heterocycles. The first-order valence-corrected chi connectivity index (χ1v) is 13.1. The summed E-state index contributed by atoms with van der Waals surface area (Å²) in [5.74, 6) is 1.01. The van der Waals surface area contributed by atoms with Gasteiger partial charge in [0.05, 0.1) is 19.4 Å². The van der Waals surface area contributed by atoms with Crippen molar-refractivity contribution in [1.29, 1.82) is 0 Å². The molecule has 0 saturated carbocycles. The van der Waals surface area contributed by atoms with Crippen LogP contribution in [0.25, 0.3) is 0 Å². The molecule has 1 atom stereocenters. The maximum absolute atomic E-state index is 13.0. The van der Waals surface area contributed by atoms with Gasteiger partial charge in [-0.2, -0.15) is 0 Å². The molecule has 0 spiro atoms. The number of carbonyl (C=O) groups is 1. The smallest absolute Gasteiger partial charge is 0.291 e. The third-order valence-electron chi connectivity index (χ3n) is 7.09. The number of likely N-dealkylation sites (N-methyl/N-ethyl adjacent to an activating group) is 1. The number of furan rings is 1. The lowest BCUT2D eigenvalue weighted by Crippen LogP contribution is -2.47. The Balaban J connectivity index is 1.59. The van der Waals surface area contributed by atoms with Crippen LogP contribution in [0.1, 0.15) is 57.9 Å². The highest BCUT2D eigenvalue weighted by Gasteiger charge is 2.34. The summed E-state index contributed by atoms with van der Waals surface area (Å²) < 4.78 is 11.0. The van der Waals surface area contributed by atoms with E-state index in [-0.39, 0.29) is 11.9 Å². The van der Waals surface area contributed by atoms with Crippen molar-refractivity contribution in [3.8, 4) is 5.75 Å². The quantitative estimate of drug-likeness (QED) is 0.504. The third-order valence-corrected chi connectivity index (χ3v) is 8.31. The Bertz CT molecular complexity index is 1120. The highest BCUT2D eigenvalue weighted by Crippen LogP contribution is 2.46. The summed E-state index contributed by atoms with van der Waals surface area (Å²) in [5.41, 5.74) is 3.90. The first-order valence-electron chi connectivity index (χ1n) is 12.3. The fourth-order valence-electron chi connectivity index (χ4n) is 5.25. The molecule has 1 fully saturated rings. The lowest BCUT2D eigenvalue weighted by Gasteiger charge is -2.40. The number of anilines is 1. The number of benzene rings is 1. The molecule has 1 aromatic carbocycles. The normalized spacial score (nSPS) is 17.8. The minimum absolute atomic E-state index is 0.0686. The van der Waals surface area contributed by atoms with E-state index in [1.54, 1.807) is 36.8 Å². The summed E-state index contributed by atoms with van der Waals surface area (Å²) in [6.07, 6.45) is 6.08. The molecule has 1 saturated heterocycles. The van der Waals surface area contributed by atoms with E-state index in [1.807, 2.05) is 6.07 Å². The topological polar surface area (TPSA) is 58.0 Å². The Kier molecular flexibility index (Phi) is 7.04. The number of nitrogens with one attached hydrogen (secondary N) is 1. The van der Waals surface area contributed by atoms with Gasteiger partial charge in [-0.15, -0.1) is 11.3 Å². The molecule has 3 aromatic rings. The van der Waals surface area contributed by atoms with Gasteiger partial charge in [0.2, 0.25) is 0 Å². The highest BCUT2D eigenvalue weighted by molar-refractivity contribution is 7.16. The van der Waals surface area contributed by atoms with Crippen LogP contribution in [0.2, 0.25) is 0 Å². The molecule has 34 heavy (non-hydrogen) atoms. The molecule has 7 heteroatoms. The molecule has 180 valence electrons. The summed E-state index contributed by atoms with van der Waals surface area (Å²) in [7, 11) is 1.72. The van der Waals surface area contributed by atoms with E-state index in [0.717, 1.165) is 56.3 Å². The van der Waals surface area contributed by atoms with Gasteiger partial charge in [-0.1, -0.05) is 19.1 Å². The number of methoxy groups -OCH3 is 1. The van der Waals surface area contributed by atoms with E-state index in [2.05, 4.69) is 40.2 Å². The number of rotatable bonds is 7. The Labute approximate surface area is 205 Å². The number of thiophene rings is 1. The number of fused-ring (bicyclic) bond motifs is 1. The average Bonchev–Trinajstić information content (AvgIpc) is 3.54. The molecule has 5 rings (SSSR count). The summed E-state index contributed by atoms with van der Waals surface area (Å²) in [6.45, 7) is 7.40. The van der Waals surface area contributed by atoms with E-state index in [9.17, 15) is 4.79 Å². The average molecular weight is 480 g/mol. The van der Waals surface area contributed by atoms with E-state index in [4.69, 9.17) is 9.15 Å². The minimum atomic E-state index is -0.190. The Morgan fingerprint density at radius 3 is 2.71 bits per heavy atom. The van der Waals surface area contributed by atoms with Gasteiger partial charge in [0, 0.05) is 36.6 Å². The molecule has 6 nitrogen and oxygen atoms in total. The van der Waals surface area contributed by atoms with E-state index in [0.29, 0.717) is 5.76 Å². The maximum Gasteiger partial charge on any atom is 0.291 e. The molecule has 1 amide bonds. The largest absolute Gasteiger partial charge is 0.497 e. The number of nitrogens with zero attached hydrogens (tertiary/aromatic N) is 2. The zero-order chi connectivity index (χ0) is 23.5. The number of piperazine rings is 1. The first kappa shape index (κ1) is 23.1. The van der Waals surface area contributed by atoms with Crippen LogP contribution in [-0.4, -0.2) is 55.5 Å². The maximum atomic E-state index is 13.0. The van der Waals surface area contributed by atoms with Gasteiger partial charge in [0.15, 0.2) is 5.76 Å². The van der Waals surface area contributed by atoms with Crippen molar-refractivity contribution in [2.45, 2.75) is 38.6 Å². The van der Waals surface area contributed by atoms with Crippen molar-refractivity contribution < 1.29 is 13.9 Å². The number of hydrogen-bond acceptors (Lipinski definition) is 6. The lowest BCUT2D eigenvalue weighted by molar-refractivity contribution is 0.0995. The molecule has 1 aliphatic carbocycles. The number of ether oxygens (including phenoxy) is 1. The van der Waals surface area contributed by atoms with Gasteiger partial charge in [0.1, 0.15) is 10.8 Å². The molecule has 0 radical (unpaired) electrons. The summed E-state index contributed by atoms with van der Waals surface area (Å²) in [5, 5.41) is 4.18. The van der Waals surface area contributed by atoms with Crippen LogP contribution in [0.4, 0.5) is 5.00 Å². The van der Waals surface area contributed by atoms with Crippen LogP contribution in [0.3, 0.4) is 0 Å². The summed E-state index contributed by atoms with van der Waals surface area (Å²) in [6, 6.07) is 12.0. The van der Waals surface area contributed by atoms with Gasteiger partial charge < -0.3 is 19.4 Å². The molecular weight excluding hydrogens is 446 g/mol. The van der Waals surface area contributed by atoms with Gasteiger partial charge in [-0.25, -0.2) is 0 Å². The van der Waals surface area contributed by atoms with Crippen LogP contribution in [-0.2, 0) is 12.8 Å². The van der Waals surface area contributed by atoms with Crippen LogP contribution < -0.4 is 10.1 Å². The van der Waals surface area contributed by atoms with Crippen molar-refractivity contribution >= 4 is 22.2 Å². The second-order valence-electron chi connectivity index (χ2n) is 9.03. The fraction of sp³-hybridized carbons (Fsp3) is 0.444. The molecule has 1 N–H and O–H groups in total. The Morgan fingerprint density at radius 1 is 1.15 bits per heavy atom. The van der Waals surface area contributed by atoms with Crippen molar-refractivity contribution in [3.63, 3.8) is 0 Å². The van der Waals surface area contributed by atoms with E-state index >= 15 is 0 Å². The molecular formula is C27H33N3O3S. The van der Waals surface area contributed by atoms with Crippen molar-refractivity contribution in [2.75, 3.05) is 45.2 Å². The number of carbonyl (C=O) groups excluding carboxylic acids is 1. The van der Waals surface area contributed by atoms with E-state index in [1.165, 1.54) is 34.4 Å². The second-order valence-corrected chi connectivity index (χ2v) is 10.1. The van der Waals surface area contributed by atoms with Gasteiger partial charge in [-0.3, -0.25) is 9.69 Å². The van der Waals surface area contributed by atoms with Crippen LogP contribution in [0, 0.1) is 0 Å². The Morgan fingerprint density at radius 2 is 1.97 bits per heavy atom. The molecule has 3 heterocycles. The minimum Gasteiger partial charge on any atom is -0.497 e. The SMILES string of the molecule is CCN1CCN(C(c2cccc(OC)c2)c2c(NC(=O)c3ccco3)sc3c2CCCC3)CC1. The summed E-state index contributed by atoms with van der Waals surface area (Å²) >= 11 is 1.75. The van der Waals surface area contributed by atoms with E-state index < -0.39 is 0 Å². The monoisotopic (exact) mass is 479 g/mol. The molecule has 0 bridgehead atoms. The number of amides is 1. The van der Waals surface area contributed by atoms with Crippen LogP contribution in [0.15, 0.2) is 47.1 Å². The molecule has 2 aromatic heterocycles.